The van der Waals surface area contributed by atoms with Gasteiger partial charge in [0.25, 0.3) is 0 Å². The van der Waals surface area contributed by atoms with Gasteiger partial charge in [0.1, 0.15) is 11.5 Å². The Morgan fingerprint density at radius 3 is 2.44 bits per heavy atom. The largest absolute Gasteiger partial charge is 0.497 e. The summed E-state index contributed by atoms with van der Waals surface area (Å²) in [6.07, 6.45) is 1.67. The normalized spacial score (nSPS) is 10.2. The van der Waals surface area contributed by atoms with Crippen LogP contribution in [0, 0.1) is 0 Å². The molecule has 0 aromatic heterocycles. The summed E-state index contributed by atoms with van der Waals surface area (Å²) in [6.45, 7) is 2.58. The van der Waals surface area contributed by atoms with Gasteiger partial charge in [-0.1, -0.05) is 6.92 Å². The Balaban J connectivity index is 3.09. The molecule has 0 aliphatic heterocycles. The quantitative estimate of drug-likeness (QED) is 0.749. The number of rotatable bonds is 6. The van der Waals surface area contributed by atoms with E-state index < -0.39 is 0 Å². The number of benzene rings is 1. The van der Waals surface area contributed by atoms with Crippen LogP contribution < -0.4 is 15.4 Å². The van der Waals surface area contributed by atoms with Gasteiger partial charge in [-0.3, -0.25) is 0 Å². The van der Waals surface area contributed by atoms with Gasteiger partial charge in [-0.05, 0) is 30.0 Å². The van der Waals surface area contributed by atoms with Crippen LogP contribution in [-0.2, 0) is 17.7 Å². The van der Waals surface area contributed by atoms with Gasteiger partial charge in [0, 0.05) is 6.07 Å². The fourth-order valence-electron chi connectivity index (χ4n) is 1.77. The molecule has 16 heavy (non-hydrogen) atoms. The lowest BCUT2D eigenvalue weighted by Gasteiger charge is -2.14. The molecule has 0 saturated carbocycles. The van der Waals surface area contributed by atoms with Crippen molar-refractivity contribution in [2.24, 2.45) is 5.90 Å². The molecule has 1 rings (SSSR count). The van der Waals surface area contributed by atoms with Crippen molar-refractivity contribution in [3.63, 3.8) is 0 Å². The molecule has 0 radical (unpaired) electrons. The number of nitrogens with two attached hydrogens (primary N) is 1. The molecule has 0 amide bonds. The molecule has 0 atom stereocenters. The van der Waals surface area contributed by atoms with Crippen LogP contribution in [-0.4, -0.2) is 20.8 Å². The second-order valence-electron chi connectivity index (χ2n) is 3.44. The van der Waals surface area contributed by atoms with Crippen LogP contribution in [0.25, 0.3) is 0 Å². The SMILES string of the molecule is CCc1c(CCON)cc(OC)cc1OC. The van der Waals surface area contributed by atoms with Crippen molar-refractivity contribution in [1.82, 2.24) is 0 Å². The summed E-state index contributed by atoms with van der Waals surface area (Å²) in [5.74, 6) is 6.69. The summed E-state index contributed by atoms with van der Waals surface area (Å²) >= 11 is 0. The first kappa shape index (κ1) is 12.8. The highest BCUT2D eigenvalue weighted by molar-refractivity contribution is 5.46. The minimum Gasteiger partial charge on any atom is -0.497 e. The summed E-state index contributed by atoms with van der Waals surface area (Å²) in [4.78, 5) is 4.61. The summed E-state index contributed by atoms with van der Waals surface area (Å²) in [7, 11) is 3.31. The highest BCUT2D eigenvalue weighted by Gasteiger charge is 2.10. The van der Waals surface area contributed by atoms with E-state index in [9.17, 15) is 0 Å². The van der Waals surface area contributed by atoms with Crippen molar-refractivity contribution in [3.05, 3.63) is 23.3 Å². The summed E-state index contributed by atoms with van der Waals surface area (Å²) in [5.41, 5.74) is 2.34. The topological polar surface area (TPSA) is 53.7 Å². The van der Waals surface area contributed by atoms with Gasteiger partial charge in [0.2, 0.25) is 0 Å². The minimum atomic E-state index is 0.489. The van der Waals surface area contributed by atoms with E-state index in [1.165, 1.54) is 5.56 Å². The molecule has 90 valence electrons. The van der Waals surface area contributed by atoms with E-state index in [1.807, 2.05) is 12.1 Å². The second-order valence-corrected chi connectivity index (χ2v) is 3.44. The lowest BCUT2D eigenvalue weighted by Crippen LogP contribution is -2.06. The third-order valence-corrected chi connectivity index (χ3v) is 2.57. The molecule has 0 spiro atoms. The average molecular weight is 225 g/mol. The lowest BCUT2D eigenvalue weighted by atomic mass is 10.0. The van der Waals surface area contributed by atoms with Crippen molar-refractivity contribution in [3.8, 4) is 11.5 Å². The number of ether oxygens (including phenoxy) is 2. The van der Waals surface area contributed by atoms with Crippen molar-refractivity contribution >= 4 is 0 Å². The van der Waals surface area contributed by atoms with Crippen LogP contribution in [0.3, 0.4) is 0 Å². The number of hydrogen-bond donors (Lipinski definition) is 1. The van der Waals surface area contributed by atoms with Gasteiger partial charge in [-0.2, -0.15) is 0 Å². The first-order valence-corrected chi connectivity index (χ1v) is 5.32. The molecular weight excluding hydrogens is 206 g/mol. The number of methoxy groups -OCH3 is 2. The fourth-order valence-corrected chi connectivity index (χ4v) is 1.77. The zero-order valence-corrected chi connectivity index (χ0v) is 10.1. The Labute approximate surface area is 96.3 Å². The van der Waals surface area contributed by atoms with Crippen molar-refractivity contribution < 1.29 is 14.3 Å². The molecule has 0 fully saturated rings. The first-order valence-electron chi connectivity index (χ1n) is 5.32. The molecule has 4 heteroatoms. The van der Waals surface area contributed by atoms with Gasteiger partial charge in [0.05, 0.1) is 20.8 Å². The van der Waals surface area contributed by atoms with E-state index in [1.54, 1.807) is 14.2 Å². The maximum atomic E-state index is 5.35. The average Bonchev–Trinajstić information content (AvgIpc) is 2.34. The van der Waals surface area contributed by atoms with E-state index in [0.29, 0.717) is 6.61 Å². The van der Waals surface area contributed by atoms with Crippen LogP contribution >= 0.6 is 0 Å². The zero-order valence-electron chi connectivity index (χ0n) is 10.1. The molecule has 1 aromatic rings. The summed E-state index contributed by atoms with van der Waals surface area (Å²) in [5, 5.41) is 0. The summed E-state index contributed by atoms with van der Waals surface area (Å²) < 4.78 is 10.6. The van der Waals surface area contributed by atoms with Crippen molar-refractivity contribution in [2.45, 2.75) is 19.8 Å². The van der Waals surface area contributed by atoms with E-state index in [2.05, 4.69) is 11.8 Å². The highest BCUT2D eigenvalue weighted by atomic mass is 16.6. The monoisotopic (exact) mass is 225 g/mol. The third kappa shape index (κ3) is 2.87. The standard InChI is InChI=1S/C12H19NO3/c1-4-11-9(5-6-16-13)7-10(14-2)8-12(11)15-3/h7-8H,4-6,13H2,1-3H3. The fraction of sp³-hybridized carbons (Fsp3) is 0.500. The Hall–Kier alpha value is -1.26. The molecule has 0 bridgehead atoms. The first-order chi connectivity index (χ1) is 7.76. The van der Waals surface area contributed by atoms with Gasteiger partial charge < -0.3 is 14.3 Å². The molecule has 0 heterocycles. The minimum absolute atomic E-state index is 0.489. The van der Waals surface area contributed by atoms with Gasteiger partial charge in [-0.25, -0.2) is 5.90 Å². The molecular formula is C12H19NO3. The number of hydrogen-bond acceptors (Lipinski definition) is 4. The molecule has 1 aromatic carbocycles. The van der Waals surface area contributed by atoms with Crippen LogP contribution in [0.15, 0.2) is 12.1 Å². The second kappa shape index (κ2) is 6.35. The van der Waals surface area contributed by atoms with E-state index in [4.69, 9.17) is 15.4 Å². The molecule has 0 aliphatic carbocycles. The van der Waals surface area contributed by atoms with E-state index >= 15 is 0 Å². The molecule has 0 saturated heterocycles. The Morgan fingerprint density at radius 1 is 1.19 bits per heavy atom. The maximum Gasteiger partial charge on any atom is 0.126 e. The zero-order chi connectivity index (χ0) is 12.0. The lowest BCUT2D eigenvalue weighted by molar-refractivity contribution is 0.141. The Kier molecular flexibility index (Phi) is 5.08. The van der Waals surface area contributed by atoms with Crippen LogP contribution in [0.4, 0.5) is 0 Å². The Bertz CT molecular complexity index is 339. The molecule has 0 unspecified atom stereocenters. The van der Waals surface area contributed by atoms with Crippen LogP contribution in [0.2, 0.25) is 0 Å². The molecule has 0 aliphatic rings. The Morgan fingerprint density at radius 2 is 1.94 bits per heavy atom. The molecule has 4 nitrogen and oxygen atoms in total. The maximum absolute atomic E-state index is 5.35. The van der Waals surface area contributed by atoms with Gasteiger partial charge in [0.15, 0.2) is 0 Å². The van der Waals surface area contributed by atoms with Gasteiger partial charge >= 0.3 is 0 Å². The van der Waals surface area contributed by atoms with Crippen LogP contribution in [0.5, 0.6) is 11.5 Å². The van der Waals surface area contributed by atoms with Gasteiger partial charge in [-0.15, -0.1) is 0 Å². The van der Waals surface area contributed by atoms with Crippen molar-refractivity contribution in [2.75, 3.05) is 20.8 Å². The third-order valence-electron chi connectivity index (χ3n) is 2.57. The predicted octanol–water partition coefficient (Wildman–Crippen LogP) is 1.70. The van der Waals surface area contributed by atoms with Crippen molar-refractivity contribution in [1.29, 1.82) is 0 Å². The van der Waals surface area contributed by atoms with Crippen LogP contribution in [0.1, 0.15) is 18.1 Å². The van der Waals surface area contributed by atoms with E-state index in [-0.39, 0.29) is 0 Å². The highest BCUT2D eigenvalue weighted by Crippen LogP contribution is 2.29. The predicted molar refractivity (Wildman–Crippen MR) is 62.8 cm³/mol. The van der Waals surface area contributed by atoms with E-state index in [0.717, 1.165) is 29.9 Å². The smallest absolute Gasteiger partial charge is 0.126 e. The molecule has 2 N–H and O–H groups in total. The summed E-state index contributed by atoms with van der Waals surface area (Å²) in [6, 6.07) is 3.89.